The number of hydrogen-bond donors (Lipinski definition) is 1. The molecule has 0 aliphatic heterocycles. The number of nitro benzene ring substituents is 1. The number of unbranched alkanes of at least 4 members (excludes halogenated alkanes) is 12. The molecule has 2 N–H and O–H groups in total. The lowest BCUT2D eigenvalue weighted by molar-refractivity contribution is -0.384. The zero-order valence-electron chi connectivity index (χ0n) is 47.2. The molecule has 0 saturated carbocycles. The fraction of sp³-hybridized carbons (Fsp3) is 0.500. The van der Waals surface area contributed by atoms with Crippen LogP contribution in [0.1, 0.15) is 154 Å². The molecule has 0 saturated heterocycles. The largest absolute Gasteiger partial charge is 0.399 e. The van der Waals surface area contributed by atoms with Gasteiger partial charge in [-0.15, -0.1) is 0 Å². The summed E-state index contributed by atoms with van der Waals surface area (Å²) in [5.74, 6) is -0.0906. The van der Waals surface area contributed by atoms with Crippen molar-refractivity contribution in [1.82, 2.24) is 38.7 Å². The highest BCUT2D eigenvalue weighted by atomic mass is 19.1. The minimum Gasteiger partial charge on any atom is -0.399 e. The Hall–Kier alpha value is -6.92. The molecule has 6 aromatic rings. The van der Waals surface area contributed by atoms with Gasteiger partial charge in [-0.1, -0.05) is 90.9 Å². The van der Waals surface area contributed by atoms with Crippen molar-refractivity contribution in [1.29, 1.82) is 0 Å². The summed E-state index contributed by atoms with van der Waals surface area (Å²) >= 11 is 0. The smallest absolute Gasteiger partial charge is 0.270 e. The molecule has 0 spiro atoms. The zero-order valence-corrected chi connectivity index (χ0v) is 47.2. The molecule has 2 amide bonds. The number of benzene rings is 4. The number of halogens is 2. The molecule has 0 radical (unpaired) electrons. The molecule has 0 aliphatic rings. The first-order chi connectivity index (χ1) is 37.4. The Morgan fingerprint density at radius 2 is 0.936 bits per heavy atom. The van der Waals surface area contributed by atoms with Gasteiger partial charge in [0.25, 0.3) is 16.8 Å². The Morgan fingerprint density at radius 3 is 1.32 bits per heavy atom. The third-order valence-electron chi connectivity index (χ3n) is 14.1. The van der Waals surface area contributed by atoms with E-state index in [1.54, 1.807) is 35.2 Å². The number of nitro groups is 1. The van der Waals surface area contributed by atoms with E-state index in [1.165, 1.54) is 115 Å². The lowest BCUT2D eigenvalue weighted by atomic mass is 10.1. The van der Waals surface area contributed by atoms with Gasteiger partial charge in [0.05, 0.1) is 50.2 Å². The van der Waals surface area contributed by atoms with E-state index < -0.39 is 34.2 Å². The van der Waals surface area contributed by atoms with E-state index in [2.05, 4.69) is 13.8 Å². The third kappa shape index (κ3) is 17.5. The summed E-state index contributed by atoms with van der Waals surface area (Å²) in [7, 11) is 7.80. The van der Waals surface area contributed by atoms with Crippen molar-refractivity contribution in [2.45, 2.75) is 143 Å². The van der Waals surface area contributed by atoms with Gasteiger partial charge < -0.3 is 25.3 Å². The van der Waals surface area contributed by atoms with Gasteiger partial charge in [-0.25, -0.2) is 18.7 Å². The Balaban J connectivity index is 0.000000288. The molecule has 422 valence electrons. The molecular formula is C60H82F2N10O6. The number of nitrogen functional groups attached to an aromatic ring is 1. The molecule has 2 heterocycles. The van der Waals surface area contributed by atoms with Gasteiger partial charge in [-0.2, -0.15) is 0 Å². The summed E-state index contributed by atoms with van der Waals surface area (Å²) in [6.45, 7) is 10.4. The van der Waals surface area contributed by atoms with Crippen molar-refractivity contribution >= 4 is 45.0 Å². The number of hydrogen-bond acceptors (Lipinski definition) is 11. The molecule has 2 unspecified atom stereocenters. The molecule has 6 rings (SSSR count). The molecule has 2 aromatic heterocycles. The average molecular weight is 1080 g/mol. The van der Waals surface area contributed by atoms with Crippen LogP contribution in [0.2, 0.25) is 0 Å². The number of aromatic nitrogens is 4. The standard InChI is InChI=1S/C30H40FN5O4.C30H42FN5O2/c1-5-6-7-8-9-10-11-12-28(37)34(20-19-33(3)4)22(2)29-32-27-18-17-25(36(39)40)21-26(27)30(38)35(29)24-15-13-23(31)14-16-24;1-5-6-7-8-9-10-11-12-28(37)35(20-19-34(3)4)22(2)29-33-27-18-15-24(32)21-26(27)30(38)36(29)25-16-13-23(31)14-17-25/h13-18,21-22H,5-12,19-20H2,1-4H3;13-18,21-22H,5-12,19-20,32H2,1-4H3. The SMILES string of the molecule is CCCCCCCCCC(=O)N(CCN(C)C)C(C)c1nc2ccc(N)cc2c(=O)n1-c1ccc(F)cc1.CCCCCCCCCC(=O)N(CCN(C)C)C(C)c1nc2ccc([N+](=O)[O-])cc2c(=O)n1-c1ccc(F)cc1. The number of amides is 2. The van der Waals surface area contributed by atoms with Gasteiger partial charge in [0.1, 0.15) is 23.3 Å². The maximum Gasteiger partial charge on any atom is 0.270 e. The molecule has 78 heavy (non-hydrogen) atoms. The number of likely N-dealkylation sites (N-methyl/N-ethyl adjacent to an activating group) is 2. The van der Waals surface area contributed by atoms with Crippen LogP contribution in [0.5, 0.6) is 0 Å². The summed E-state index contributed by atoms with van der Waals surface area (Å²) < 4.78 is 30.3. The van der Waals surface area contributed by atoms with E-state index in [4.69, 9.17) is 15.7 Å². The van der Waals surface area contributed by atoms with Gasteiger partial charge in [0.2, 0.25) is 11.8 Å². The molecule has 0 aliphatic carbocycles. The Bertz CT molecular complexity index is 3020. The lowest BCUT2D eigenvalue weighted by Gasteiger charge is -2.31. The van der Waals surface area contributed by atoms with Crippen LogP contribution >= 0.6 is 0 Å². The van der Waals surface area contributed by atoms with E-state index in [0.717, 1.165) is 38.5 Å². The quantitative estimate of drug-likeness (QED) is 0.0204. The maximum absolute atomic E-state index is 13.8. The van der Waals surface area contributed by atoms with Crippen molar-refractivity contribution in [2.75, 3.05) is 60.1 Å². The maximum atomic E-state index is 13.8. The number of non-ortho nitro benzene ring substituents is 1. The predicted molar refractivity (Wildman–Crippen MR) is 308 cm³/mol. The number of nitrogens with two attached hydrogens (primary N) is 1. The molecular weight excluding hydrogens is 995 g/mol. The number of rotatable bonds is 29. The summed E-state index contributed by atoms with van der Waals surface area (Å²) in [6, 6.07) is 19.1. The van der Waals surface area contributed by atoms with E-state index in [0.29, 0.717) is 84.2 Å². The highest BCUT2D eigenvalue weighted by Crippen LogP contribution is 2.28. The van der Waals surface area contributed by atoms with Crippen LogP contribution < -0.4 is 16.9 Å². The third-order valence-corrected chi connectivity index (χ3v) is 14.1. The van der Waals surface area contributed by atoms with Gasteiger partial charge >= 0.3 is 0 Å². The van der Waals surface area contributed by atoms with Gasteiger partial charge in [0.15, 0.2) is 0 Å². The van der Waals surface area contributed by atoms with Crippen LogP contribution in [0.15, 0.2) is 94.5 Å². The molecule has 0 fully saturated rings. The van der Waals surface area contributed by atoms with Crippen molar-refractivity contribution in [3.8, 4) is 11.4 Å². The number of carbonyl (C=O) groups is 2. The van der Waals surface area contributed by atoms with E-state index in [1.807, 2.05) is 56.7 Å². The zero-order chi connectivity index (χ0) is 56.9. The Labute approximate surface area is 458 Å². The highest BCUT2D eigenvalue weighted by Gasteiger charge is 2.29. The van der Waals surface area contributed by atoms with Crippen LogP contribution in [0.25, 0.3) is 33.2 Å². The van der Waals surface area contributed by atoms with E-state index in [-0.39, 0.29) is 28.4 Å². The first-order valence-electron chi connectivity index (χ1n) is 27.8. The predicted octanol–water partition coefficient (Wildman–Crippen LogP) is 11.7. The topological polar surface area (TPSA) is 186 Å². The van der Waals surface area contributed by atoms with Crippen molar-refractivity contribution in [2.24, 2.45) is 0 Å². The fourth-order valence-electron chi connectivity index (χ4n) is 9.48. The number of anilines is 1. The minimum atomic E-state index is -0.589. The monoisotopic (exact) mass is 1080 g/mol. The van der Waals surface area contributed by atoms with Crippen LogP contribution in [-0.2, 0) is 9.59 Å². The van der Waals surface area contributed by atoms with Crippen LogP contribution in [0.3, 0.4) is 0 Å². The Morgan fingerprint density at radius 1 is 0.564 bits per heavy atom. The van der Waals surface area contributed by atoms with Gasteiger partial charge in [-0.05, 0) is 128 Å². The summed E-state index contributed by atoms with van der Waals surface area (Å²) in [5.41, 5.74) is 7.03. The number of nitrogens with zero attached hydrogens (tertiary/aromatic N) is 9. The first kappa shape index (κ1) is 61.9. The second kappa shape index (κ2) is 30.9. The Kier molecular flexibility index (Phi) is 24.5. The second-order valence-electron chi connectivity index (χ2n) is 20.8. The van der Waals surface area contributed by atoms with E-state index in [9.17, 15) is 38.1 Å². The summed E-state index contributed by atoms with van der Waals surface area (Å²) in [6.07, 6.45) is 16.5. The average Bonchev–Trinajstić information content (AvgIpc) is 3.52. The molecule has 0 bridgehead atoms. The fourth-order valence-corrected chi connectivity index (χ4v) is 9.48. The van der Waals surface area contributed by atoms with E-state index >= 15 is 0 Å². The number of carbonyl (C=O) groups excluding carboxylic acids is 2. The van der Waals surface area contributed by atoms with Crippen molar-refractivity contribution in [3.05, 3.63) is 139 Å². The van der Waals surface area contributed by atoms with Crippen molar-refractivity contribution in [3.63, 3.8) is 0 Å². The van der Waals surface area contributed by atoms with Crippen LogP contribution in [-0.4, -0.2) is 110 Å². The molecule has 16 nitrogen and oxygen atoms in total. The summed E-state index contributed by atoms with van der Waals surface area (Å²) in [4.78, 5) is 82.6. The lowest BCUT2D eigenvalue weighted by Crippen LogP contribution is -2.40. The molecule has 4 aromatic carbocycles. The molecule has 18 heteroatoms. The number of fused-ring (bicyclic) bond motifs is 2. The second-order valence-corrected chi connectivity index (χ2v) is 20.8. The minimum absolute atomic E-state index is 0.0217. The normalized spacial score (nSPS) is 12.2. The van der Waals surface area contributed by atoms with Gasteiger partial charge in [-0.3, -0.25) is 38.4 Å². The first-order valence-corrected chi connectivity index (χ1v) is 27.8. The van der Waals surface area contributed by atoms with Crippen LogP contribution in [0.4, 0.5) is 20.2 Å². The summed E-state index contributed by atoms with van der Waals surface area (Å²) in [5, 5.41) is 11.8. The highest BCUT2D eigenvalue weighted by molar-refractivity contribution is 5.83. The van der Waals surface area contributed by atoms with Gasteiger partial charge in [0, 0.05) is 56.8 Å². The van der Waals surface area contributed by atoms with Crippen molar-refractivity contribution < 1.29 is 23.3 Å². The van der Waals surface area contributed by atoms with Crippen LogP contribution in [0, 0.1) is 21.7 Å². The molecule has 2 atom stereocenters.